The summed E-state index contributed by atoms with van der Waals surface area (Å²) in [4.78, 5) is 12.8. The predicted octanol–water partition coefficient (Wildman–Crippen LogP) is 2.80. The first-order chi connectivity index (χ1) is 9.91. The summed E-state index contributed by atoms with van der Waals surface area (Å²) in [5.74, 6) is 0.142. The molecule has 5 nitrogen and oxygen atoms in total. The molecule has 0 saturated carbocycles. The van der Waals surface area contributed by atoms with Crippen LogP contribution < -0.4 is 10.6 Å². The van der Waals surface area contributed by atoms with Crippen molar-refractivity contribution in [2.75, 3.05) is 18.4 Å². The molecule has 0 aliphatic carbocycles. The summed E-state index contributed by atoms with van der Waals surface area (Å²) in [6, 6.07) is 0.298. The Morgan fingerprint density at radius 1 is 1.48 bits per heavy atom. The standard InChI is InChI=1S/C16H28N4O/c1-6-7-16(8-9-17-10-16)15(21)18-14-12(4)19-20(11(2)3)13(14)5/h11,17H,6-10H2,1-5H3,(H,18,21). The maximum absolute atomic E-state index is 12.8. The van der Waals surface area contributed by atoms with Crippen molar-refractivity contribution in [1.82, 2.24) is 15.1 Å². The van der Waals surface area contributed by atoms with Gasteiger partial charge in [-0.3, -0.25) is 9.48 Å². The summed E-state index contributed by atoms with van der Waals surface area (Å²) in [5, 5.41) is 11.0. The molecular formula is C16H28N4O. The maximum Gasteiger partial charge on any atom is 0.232 e. The summed E-state index contributed by atoms with van der Waals surface area (Å²) in [5.41, 5.74) is 2.56. The van der Waals surface area contributed by atoms with Gasteiger partial charge in [0, 0.05) is 12.6 Å². The van der Waals surface area contributed by atoms with E-state index in [4.69, 9.17) is 0 Å². The third-order valence-electron chi connectivity index (χ3n) is 4.51. The molecule has 1 atom stereocenters. The van der Waals surface area contributed by atoms with Crippen LogP contribution in [0.25, 0.3) is 0 Å². The topological polar surface area (TPSA) is 59.0 Å². The third-order valence-corrected chi connectivity index (χ3v) is 4.51. The molecular weight excluding hydrogens is 264 g/mol. The fourth-order valence-corrected chi connectivity index (χ4v) is 3.34. The van der Waals surface area contributed by atoms with E-state index in [0.29, 0.717) is 6.04 Å². The minimum Gasteiger partial charge on any atom is -0.322 e. The molecule has 1 fully saturated rings. The van der Waals surface area contributed by atoms with Crippen molar-refractivity contribution >= 4 is 11.6 Å². The number of hydrogen-bond donors (Lipinski definition) is 2. The molecule has 0 aromatic carbocycles. The SMILES string of the molecule is CCCC1(C(=O)Nc2c(C)nn(C(C)C)c2C)CCNC1. The van der Waals surface area contributed by atoms with Crippen LogP contribution in [0.15, 0.2) is 0 Å². The fraction of sp³-hybridized carbons (Fsp3) is 0.750. The molecule has 1 aromatic rings. The highest BCUT2D eigenvalue weighted by Gasteiger charge is 2.40. The summed E-state index contributed by atoms with van der Waals surface area (Å²) in [7, 11) is 0. The first-order valence-corrected chi connectivity index (χ1v) is 7.99. The van der Waals surface area contributed by atoms with Crippen molar-refractivity contribution in [3.05, 3.63) is 11.4 Å². The Balaban J connectivity index is 2.23. The summed E-state index contributed by atoms with van der Waals surface area (Å²) < 4.78 is 1.98. The molecule has 0 bridgehead atoms. The molecule has 0 radical (unpaired) electrons. The Morgan fingerprint density at radius 2 is 2.19 bits per heavy atom. The Kier molecular flexibility index (Phi) is 4.71. The quantitative estimate of drug-likeness (QED) is 0.877. The summed E-state index contributed by atoms with van der Waals surface area (Å²) >= 11 is 0. The Morgan fingerprint density at radius 3 is 2.67 bits per heavy atom. The average Bonchev–Trinajstić information content (AvgIpc) is 3.00. The normalized spacial score (nSPS) is 22.0. The fourth-order valence-electron chi connectivity index (χ4n) is 3.34. The number of anilines is 1. The van der Waals surface area contributed by atoms with E-state index in [1.807, 2.05) is 18.5 Å². The predicted molar refractivity (Wildman–Crippen MR) is 85.5 cm³/mol. The zero-order valence-corrected chi connectivity index (χ0v) is 13.9. The van der Waals surface area contributed by atoms with Crippen LogP contribution in [0.2, 0.25) is 0 Å². The number of aromatic nitrogens is 2. The minimum absolute atomic E-state index is 0.142. The number of nitrogens with zero attached hydrogens (tertiary/aromatic N) is 2. The number of hydrogen-bond acceptors (Lipinski definition) is 3. The Bertz CT molecular complexity index is 513. The minimum atomic E-state index is -0.256. The van der Waals surface area contributed by atoms with Crippen LogP contribution in [0, 0.1) is 19.3 Å². The van der Waals surface area contributed by atoms with Crippen LogP contribution in [0.3, 0.4) is 0 Å². The van der Waals surface area contributed by atoms with Gasteiger partial charge in [-0.1, -0.05) is 13.3 Å². The first-order valence-electron chi connectivity index (χ1n) is 7.99. The van der Waals surface area contributed by atoms with Crippen molar-refractivity contribution in [3.63, 3.8) is 0 Å². The number of carbonyl (C=O) groups is 1. The second-order valence-electron chi connectivity index (χ2n) is 6.50. The van der Waals surface area contributed by atoms with Gasteiger partial charge in [-0.05, 0) is 47.1 Å². The molecule has 1 aliphatic heterocycles. The van der Waals surface area contributed by atoms with Crippen LogP contribution in [-0.2, 0) is 4.79 Å². The van der Waals surface area contributed by atoms with E-state index in [1.54, 1.807) is 0 Å². The van der Waals surface area contributed by atoms with E-state index in [9.17, 15) is 4.79 Å². The third kappa shape index (κ3) is 2.98. The molecule has 5 heteroatoms. The van der Waals surface area contributed by atoms with Crippen molar-refractivity contribution in [2.24, 2.45) is 5.41 Å². The van der Waals surface area contributed by atoms with Gasteiger partial charge in [-0.15, -0.1) is 0 Å². The zero-order chi connectivity index (χ0) is 15.6. The summed E-state index contributed by atoms with van der Waals surface area (Å²) in [6.07, 6.45) is 2.88. The molecule has 2 N–H and O–H groups in total. The Labute approximate surface area is 127 Å². The monoisotopic (exact) mass is 292 g/mol. The lowest BCUT2D eigenvalue weighted by atomic mass is 9.81. The van der Waals surface area contributed by atoms with Gasteiger partial charge in [-0.25, -0.2) is 0 Å². The van der Waals surface area contributed by atoms with E-state index < -0.39 is 0 Å². The zero-order valence-electron chi connectivity index (χ0n) is 13.9. The number of aryl methyl sites for hydroxylation is 1. The van der Waals surface area contributed by atoms with Crippen LogP contribution in [0.5, 0.6) is 0 Å². The second-order valence-corrected chi connectivity index (χ2v) is 6.50. The molecule has 0 spiro atoms. The molecule has 1 aromatic heterocycles. The van der Waals surface area contributed by atoms with Gasteiger partial charge in [0.05, 0.1) is 22.5 Å². The maximum atomic E-state index is 12.8. The number of amides is 1. The van der Waals surface area contributed by atoms with Gasteiger partial charge >= 0.3 is 0 Å². The van der Waals surface area contributed by atoms with Crippen LogP contribution in [0.4, 0.5) is 5.69 Å². The number of carbonyl (C=O) groups excluding carboxylic acids is 1. The molecule has 1 saturated heterocycles. The lowest BCUT2D eigenvalue weighted by Crippen LogP contribution is -2.38. The molecule has 1 unspecified atom stereocenters. The van der Waals surface area contributed by atoms with Crippen molar-refractivity contribution in [2.45, 2.75) is 59.9 Å². The highest BCUT2D eigenvalue weighted by Crippen LogP contribution is 2.33. The highest BCUT2D eigenvalue weighted by molar-refractivity contribution is 5.96. The van der Waals surface area contributed by atoms with Gasteiger partial charge in [0.15, 0.2) is 0 Å². The molecule has 118 valence electrons. The highest BCUT2D eigenvalue weighted by atomic mass is 16.2. The van der Waals surface area contributed by atoms with Crippen LogP contribution in [0.1, 0.15) is 57.5 Å². The smallest absolute Gasteiger partial charge is 0.232 e. The van der Waals surface area contributed by atoms with Crippen LogP contribution in [-0.4, -0.2) is 28.8 Å². The van der Waals surface area contributed by atoms with Gasteiger partial charge in [0.1, 0.15) is 0 Å². The summed E-state index contributed by atoms with van der Waals surface area (Å²) in [6.45, 7) is 12.0. The van der Waals surface area contributed by atoms with Gasteiger partial charge in [0.2, 0.25) is 5.91 Å². The van der Waals surface area contributed by atoms with E-state index in [2.05, 4.69) is 36.5 Å². The average molecular weight is 292 g/mol. The van der Waals surface area contributed by atoms with E-state index >= 15 is 0 Å². The van der Waals surface area contributed by atoms with Crippen molar-refractivity contribution in [1.29, 1.82) is 0 Å². The molecule has 2 rings (SSSR count). The molecule has 1 amide bonds. The van der Waals surface area contributed by atoms with Crippen molar-refractivity contribution in [3.8, 4) is 0 Å². The van der Waals surface area contributed by atoms with Gasteiger partial charge in [0.25, 0.3) is 0 Å². The van der Waals surface area contributed by atoms with Gasteiger partial charge in [-0.2, -0.15) is 5.10 Å². The number of rotatable bonds is 5. The first kappa shape index (κ1) is 16.0. The molecule has 1 aliphatic rings. The van der Waals surface area contributed by atoms with Gasteiger partial charge < -0.3 is 10.6 Å². The van der Waals surface area contributed by atoms with Crippen molar-refractivity contribution < 1.29 is 4.79 Å². The number of nitrogens with one attached hydrogen (secondary N) is 2. The molecule has 21 heavy (non-hydrogen) atoms. The van der Waals surface area contributed by atoms with E-state index in [1.165, 1.54) is 0 Å². The second kappa shape index (κ2) is 6.18. The lowest BCUT2D eigenvalue weighted by molar-refractivity contribution is -0.125. The van der Waals surface area contributed by atoms with E-state index in [0.717, 1.165) is 49.4 Å². The molecule has 2 heterocycles. The Hall–Kier alpha value is -1.36. The van der Waals surface area contributed by atoms with E-state index in [-0.39, 0.29) is 11.3 Å². The van der Waals surface area contributed by atoms with Crippen LogP contribution >= 0.6 is 0 Å². The largest absolute Gasteiger partial charge is 0.322 e. The lowest BCUT2D eigenvalue weighted by Gasteiger charge is -2.26.